The van der Waals surface area contributed by atoms with Crippen LogP contribution >= 0.6 is 0 Å². The van der Waals surface area contributed by atoms with Gasteiger partial charge in [0.25, 0.3) is 0 Å². The van der Waals surface area contributed by atoms with E-state index in [9.17, 15) is 0 Å². The fourth-order valence-electron chi connectivity index (χ4n) is 7.36. The molecular formula is C47H49CuN5. The van der Waals surface area contributed by atoms with Crippen LogP contribution in [0.2, 0.25) is 0 Å². The average molecular weight is 747 g/mol. The summed E-state index contributed by atoms with van der Waals surface area (Å²) in [5.41, 5.74) is 13.4. The Morgan fingerprint density at radius 2 is 1.00 bits per heavy atom. The van der Waals surface area contributed by atoms with E-state index >= 15 is 0 Å². The summed E-state index contributed by atoms with van der Waals surface area (Å²) in [4.78, 5) is 18.5. The fourth-order valence-corrected chi connectivity index (χ4v) is 7.36. The van der Waals surface area contributed by atoms with E-state index in [0.29, 0.717) is 29.5 Å². The molecule has 5 aromatic carbocycles. The van der Waals surface area contributed by atoms with Crippen LogP contribution in [0.1, 0.15) is 101 Å². The van der Waals surface area contributed by atoms with Crippen molar-refractivity contribution in [3.63, 3.8) is 0 Å². The van der Waals surface area contributed by atoms with Crippen molar-refractivity contribution in [1.29, 1.82) is 0 Å². The third-order valence-electron chi connectivity index (χ3n) is 10.0. The molecule has 0 fully saturated rings. The monoisotopic (exact) mass is 746 g/mol. The van der Waals surface area contributed by atoms with Crippen LogP contribution < -0.4 is 14.8 Å². The van der Waals surface area contributed by atoms with Gasteiger partial charge in [-0.25, -0.2) is 0 Å². The van der Waals surface area contributed by atoms with Gasteiger partial charge in [-0.3, -0.25) is 4.98 Å². The van der Waals surface area contributed by atoms with E-state index in [-0.39, 0.29) is 17.1 Å². The Balaban J connectivity index is 0.000000203. The Morgan fingerprint density at radius 3 is 1.51 bits per heavy atom. The van der Waals surface area contributed by atoms with Gasteiger partial charge in [0.05, 0.1) is 5.69 Å². The first-order valence-electron chi connectivity index (χ1n) is 18.7. The van der Waals surface area contributed by atoms with Crippen LogP contribution in [-0.2, 0) is 17.1 Å². The Labute approximate surface area is 326 Å². The van der Waals surface area contributed by atoms with Crippen LogP contribution in [0, 0.1) is 6.67 Å². The van der Waals surface area contributed by atoms with Gasteiger partial charge in [-0.2, -0.15) is 0 Å². The molecular weight excluding hydrogens is 698 g/mol. The van der Waals surface area contributed by atoms with Gasteiger partial charge in [-0.05, 0) is 86.4 Å². The van der Waals surface area contributed by atoms with E-state index in [2.05, 4.69) is 160 Å². The van der Waals surface area contributed by atoms with Gasteiger partial charge in [-0.1, -0.05) is 152 Å². The van der Waals surface area contributed by atoms with Crippen molar-refractivity contribution in [3.05, 3.63) is 150 Å². The molecule has 0 unspecified atom stereocenters. The fraction of sp³-hybridized carbons (Fsp3) is 0.255. The van der Waals surface area contributed by atoms with E-state index in [1.54, 1.807) is 6.20 Å². The number of nitrogens with zero attached hydrogens (tertiary/aromatic N) is 5. The maximum Gasteiger partial charge on any atom is 2.00 e. The number of anilines is 4. The molecule has 1 aliphatic heterocycles. The number of hydrogen-bond acceptors (Lipinski definition) is 4. The molecule has 7 aromatic rings. The van der Waals surface area contributed by atoms with Gasteiger partial charge in [0.2, 0.25) is 0 Å². The van der Waals surface area contributed by atoms with Crippen molar-refractivity contribution < 1.29 is 17.1 Å². The number of fused-ring (bicyclic) bond motifs is 3. The molecule has 0 saturated carbocycles. The smallest absolute Gasteiger partial charge is 0.473 e. The Morgan fingerprint density at radius 1 is 0.528 bits per heavy atom. The average Bonchev–Trinajstić information content (AvgIpc) is 3.76. The van der Waals surface area contributed by atoms with Crippen molar-refractivity contribution in [2.45, 2.75) is 79.1 Å². The van der Waals surface area contributed by atoms with Crippen molar-refractivity contribution in [2.24, 2.45) is 0 Å². The molecule has 8 rings (SSSR count). The minimum Gasteiger partial charge on any atom is -0.473 e. The van der Waals surface area contributed by atoms with Gasteiger partial charge in [-0.15, -0.1) is 6.67 Å². The number of imidazole rings is 1. The summed E-state index contributed by atoms with van der Waals surface area (Å²) in [6, 6.07) is 40.5. The zero-order valence-corrected chi connectivity index (χ0v) is 32.9. The summed E-state index contributed by atoms with van der Waals surface area (Å²) in [5.74, 6) is 2.48. The van der Waals surface area contributed by atoms with E-state index < -0.39 is 0 Å². The quantitative estimate of drug-likeness (QED) is 0.120. The molecule has 6 heteroatoms. The summed E-state index contributed by atoms with van der Waals surface area (Å²) in [7, 11) is 0. The first-order valence-corrected chi connectivity index (χ1v) is 18.7. The van der Waals surface area contributed by atoms with Crippen LogP contribution in [-0.4, -0.2) is 9.97 Å². The Bertz CT molecular complexity index is 2160. The molecule has 0 spiro atoms. The zero-order chi connectivity index (χ0) is 36.5. The molecule has 0 saturated heterocycles. The van der Waals surface area contributed by atoms with Crippen LogP contribution in [0.4, 0.5) is 22.7 Å². The number of rotatable bonds is 7. The number of pyridine rings is 1. The Hall–Kier alpha value is -4.90. The normalized spacial score (nSPS) is 12.5. The van der Waals surface area contributed by atoms with Gasteiger partial charge in [0.1, 0.15) is 0 Å². The summed E-state index contributed by atoms with van der Waals surface area (Å²) in [5, 5.41) is 2.24. The van der Waals surface area contributed by atoms with Gasteiger partial charge in [0.15, 0.2) is 0 Å². The molecule has 1 radical (unpaired) electrons. The van der Waals surface area contributed by atoms with Crippen molar-refractivity contribution in [1.82, 2.24) is 15.0 Å². The second kappa shape index (κ2) is 16.0. The standard InChI is InChI=1S/C31H39N2.C16H10N3.Cu/c1-20(2)24-13-11-14-25(21(3)4)30(24)32-19-33(29-18-10-9-17-28(29)32)31-26(22(5)6)15-12-16-27(31)23(7)8;1-2-6-12-11(5-1)9-10-17-15(12)16-18-13-7-3-4-8-14(13)19-16;/h9-23H,1-8H3;1-10H;/q2*-1;+2. The van der Waals surface area contributed by atoms with Crippen LogP contribution in [0.25, 0.3) is 33.3 Å². The molecule has 273 valence electrons. The molecule has 0 amide bonds. The van der Waals surface area contributed by atoms with Crippen LogP contribution in [0.3, 0.4) is 0 Å². The molecule has 5 nitrogen and oxygen atoms in total. The topological polar surface area (TPSA) is 46.4 Å². The summed E-state index contributed by atoms with van der Waals surface area (Å²) in [6.07, 6.45) is 1.80. The second-order valence-corrected chi connectivity index (χ2v) is 14.9. The summed E-state index contributed by atoms with van der Waals surface area (Å²) >= 11 is 0. The van der Waals surface area contributed by atoms with Crippen molar-refractivity contribution in [3.8, 4) is 11.5 Å². The molecule has 3 heterocycles. The van der Waals surface area contributed by atoms with Crippen LogP contribution in [0.15, 0.2) is 121 Å². The van der Waals surface area contributed by atoms with Crippen LogP contribution in [0.5, 0.6) is 0 Å². The van der Waals surface area contributed by atoms with Gasteiger partial charge >= 0.3 is 17.1 Å². The van der Waals surface area contributed by atoms with E-state index in [0.717, 1.165) is 27.5 Å². The number of hydrogen-bond donors (Lipinski definition) is 0. The number of para-hydroxylation sites is 6. The van der Waals surface area contributed by atoms with Gasteiger partial charge < -0.3 is 19.8 Å². The maximum atomic E-state index is 4.56. The minimum atomic E-state index is 0. The molecule has 2 aromatic heterocycles. The van der Waals surface area contributed by atoms with Gasteiger partial charge in [0, 0.05) is 34.3 Å². The van der Waals surface area contributed by atoms with E-state index in [1.165, 1.54) is 45.0 Å². The molecule has 0 atom stereocenters. The zero-order valence-electron chi connectivity index (χ0n) is 32.0. The molecule has 0 N–H and O–H groups in total. The third kappa shape index (κ3) is 7.36. The third-order valence-corrected chi connectivity index (χ3v) is 10.0. The predicted molar refractivity (Wildman–Crippen MR) is 220 cm³/mol. The molecule has 1 aliphatic rings. The second-order valence-electron chi connectivity index (χ2n) is 14.9. The summed E-state index contributed by atoms with van der Waals surface area (Å²) in [6.45, 7) is 20.7. The molecule has 53 heavy (non-hydrogen) atoms. The summed E-state index contributed by atoms with van der Waals surface area (Å²) < 4.78 is 0. The van der Waals surface area contributed by atoms with E-state index in [4.69, 9.17) is 0 Å². The first kappa shape index (κ1) is 37.8. The van der Waals surface area contributed by atoms with Crippen molar-refractivity contribution in [2.75, 3.05) is 9.80 Å². The SMILES string of the molecule is CC(C)c1cccc(C(C)C)c1N1[CH-]N(c2c(C(C)C)cccc2C(C)C)c2ccccc21.[Cu+2].c1ccc2c(-c3nc4ccccc4[n-]3)nccc2c1. The Kier molecular flexibility index (Phi) is 11.4. The van der Waals surface area contributed by atoms with E-state index in [1.807, 2.05) is 42.5 Å². The minimum absolute atomic E-state index is 0. The number of aromatic nitrogens is 3. The molecule has 0 bridgehead atoms. The molecule has 0 aliphatic carbocycles. The predicted octanol–water partition coefficient (Wildman–Crippen LogP) is 13.0. The largest absolute Gasteiger partial charge is 2.00 e. The number of benzene rings is 5. The first-order chi connectivity index (χ1) is 25.1. The maximum absolute atomic E-state index is 4.56. The van der Waals surface area contributed by atoms with Crippen molar-refractivity contribution >= 4 is 44.6 Å².